The zero-order valence-electron chi connectivity index (χ0n) is 9.03. The molecule has 2 rings (SSSR count). The van der Waals surface area contributed by atoms with Crippen LogP contribution in [0.5, 0.6) is 0 Å². The van der Waals surface area contributed by atoms with Crippen LogP contribution in [0.15, 0.2) is 24.4 Å². The van der Waals surface area contributed by atoms with Gasteiger partial charge in [-0.1, -0.05) is 6.07 Å². The molecule has 0 amide bonds. The minimum absolute atomic E-state index is 0.357. The lowest BCUT2D eigenvalue weighted by atomic mass is 10.0. The molecule has 0 radical (unpaired) electrons. The van der Waals surface area contributed by atoms with Gasteiger partial charge >= 0.3 is 5.97 Å². The molecule has 0 aliphatic heterocycles. The minimum Gasteiger partial charge on any atom is -0.480 e. The average molecular weight is 218 g/mol. The Bertz CT molecular complexity index is 531. The zero-order chi connectivity index (χ0) is 11.7. The molecule has 4 nitrogen and oxygen atoms in total. The van der Waals surface area contributed by atoms with Crippen LogP contribution in [0.3, 0.4) is 0 Å². The molecule has 0 spiro atoms. The number of nitrogens with one attached hydrogen (secondary N) is 1. The number of aromatic nitrogens is 1. The number of aryl methyl sites for hydroxylation is 1. The first-order chi connectivity index (χ1) is 7.58. The summed E-state index contributed by atoms with van der Waals surface area (Å²) in [6.07, 6.45) is 2.29. The summed E-state index contributed by atoms with van der Waals surface area (Å²) in [5.74, 6) is -0.967. The van der Waals surface area contributed by atoms with Gasteiger partial charge in [0.25, 0.3) is 0 Å². The van der Waals surface area contributed by atoms with Gasteiger partial charge in [0.15, 0.2) is 0 Å². The molecule has 2 aromatic rings. The molecular weight excluding hydrogens is 204 g/mol. The van der Waals surface area contributed by atoms with Crippen LogP contribution in [-0.2, 0) is 11.2 Å². The third-order valence-corrected chi connectivity index (χ3v) is 2.73. The highest BCUT2D eigenvalue weighted by Gasteiger charge is 2.12. The van der Waals surface area contributed by atoms with Crippen LogP contribution in [0.4, 0.5) is 0 Å². The number of carboxylic acids is 1. The number of hydrogen-bond donors (Lipinski definition) is 3. The third-order valence-electron chi connectivity index (χ3n) is 2.73. The van der Waals surface area contributed by atoms with Crippen molar-refractivity contribution in [3.05, 3.63) is 35.5 Å². The van der Waals surface area contributed by atoms with Gasteiger partial charge in [0.05, 0.1) is 0 Å². The molecule has 1 heterocycles. The lowest BCUT2D eigenvalue weighted by Crippen LogP contribution is -2.32. The van der Waals surface area contributed by atoms with Crippen LogP contribution in [0.25, 0.3) is 10.9 Å². The molecule has 16 heavy (non-hydrogen) atoms. The van der Waals surface area contributed by atoms with Crippen LogP contribution >= 0.6 is 0 Å². The maximum atomic E-state index is 10.7. The molecule has 1 unspecified atom stereocenters. The van der Waals surface area contributed by atoms with Gasteiger partial charge in [-0.3, -0.25) is 4.79 Å². The first kappa shape index (κ1) is 10.7. The number of carbonyl (C=O) groups is 1. The molecular formula is C12H14N2O2. The van der Waals surface area contributed by atoms with Gasteiger partial charge in [0, 0.05) is 17.1 Å². The van der Waals surface area contributed by atoms with Gasteiger partial charge < -0.3 is 15.8 Å². The van der Waals surface area contributed by atoms with Crippen LogP contribution < -0.4 is 5.73 Å². The van der Waals surface area contributed by atoms with E-state index in [1.54, 1.807) is 0 Å². The number of hydrogen-bond acceptors (Lipinski definition) is 2. The Morgan fingerprint density at radius 1 is 1.56 bits per heavy atom. The zero-order valence-corrected chi connectivity index (χ0v) is 9.03. The van der Waals surface area contributed by atoms with Gasteiger partial charge in [-0.05, 0) is 36.6 Å². The van der Waals surface area contributed by atoms with Crippen LogP contribution in [0.2, 0.25) is 0 Å². The second kappa shape index (κ2) is 3.98. The highest BCUT2D eigenvalue weighted by molar-refractivity contribution is 5.83. The fourth-order valence-corrected chi connectivity index (χ4v) is 1.78. The van der Waals surface area contributed by atoms with E-state index < -0.39 is 12.0 Å². The Hall–Kier alpha value is -1.81. The Morgan fingerprint density at radius 2 is 2.31 bits per heavy atom. The number of carboxylic acid groups (broad SMARTS) is 1. The van der Waals surface area contributed by atoms with Gasteiger partial charge in [-0.25, -0.2) is 0 Å². The highest BCUT2D eigenvalue weighted by atomic mass is 16.4. The average Bonchev–Trinajstić information content (AvgIpc) is 2.60. The van der Waals surface area contributed by atoms with Crippen LogP contribution in [0, 0.1) is 6.92 Å². The Kier molecular flexibility index (Phi) is 2.66. The fourth-order valence-electron chi connectivity index (χ4n) is 1.78. The molecule has 1 atom stereocenters. The number of benzene rings is 1. The predicted molar refractivity (Wildman–Crippen MR) is 62.4 cm³/mol. The first-order valence-corrected chi connectivity index (χ1v) is 5.13. The number of H-pyrrole nitrogens is 1. The second-order valence-electron chi connectivity index (χ2n) is 4.00. The Morgan fingerprint density at radius 3 is 3.00 bits per heavy atom. The molecule has 4 heteroatoms. The van der Waals surface area contributed by atoms with Gasteiger partial charge in [-0.15, -0.1) is 0 Å². The van der Waals surface area contributed by atoms with Crippen molar-refractivity contribution in [2.45, 2.75) is 19.4 Å². The number of rotatable bonds is 3. The maximum absolute atomic E-state index is 10.7. The normalized spacial score (nSPS) is 12.9. The van der Waals surface area contributed by atoms with E-state index >= 15 is 0 Å². The van der Waals surface area contributed by atoms with Gasteiger partial charge in [0.2, 0.25) is 0 Å². The highest BCUT2D eigenvalue weighted by Crippen LogP contribution is 2.19. The molecule has 1 aromatic carbocycles. The van der Waals surface area contributed by atoms with Crippen molar-refractivity contribution in [2.75, 3.05) is 0 Å². The summed E-state index contributed by atoms with van der Waals surface area (Å²) >= 11 is 0. The lowest BCUT2D eigenvalue weighted by Gasteiger charge is -2.06. The molecule has 4 N–H and O–H groups in total. The quantitative estimate of drug-likeness (QED) is 0.729. The molecule has 0 saturated carbocycles. The summed E-state index contributed by atoms with van der Waals surface area (Å²) < 4.78 is 0. The molecule has 1 aromatic heterocycles. The Labute approximate surface area is 93.1 Å². The minimum atomic E-state index is -0.967. The van der Waals surface area contributed by atoms with Crippen molar-refractivity contribution in [1.82, 2.24) is 4.98 Å². The molecule has 0 aliphatic rings. The van der Waals surface area contributed by atoms with E-state index in [1.165, 1.54) is 0 Å². The number of aliphatic carboxylic acids is 1. The van der Waals surface area contributed by atoms with E-state index in [1.807, 2.05) is 31.3 Å². The monoisotopic (exact) mass is 218 g/mol. The fraction of sp³-hybridized carbons (Fsp3) is 0.250. The van der Waals surface area contributed by atoms with Crippen molar-refractivity contribution >= 4 is 16.9 Å². The van der Waals surface area contributed by atoms with E-state index in [-0.39, 0.29) is 0 Å². The van der Waals surface area contributed by atoms with Crippen molar-refractivity contribution in [3.63, 3.8) is 0 Å². The standard InChI is InChI=1S/C12H14N2O2/c1-7-6-14-11-3-2-8(4-9(7)11)5-10(13)12(15)16/h2-4,6,10,14H,5,13H2,1H3,(H,15,16). The summed E-state index contributed by atoms with van der Waals surface area (Å²) in [5.41, 5.74) is 8.66. The summed E-state index contributed by atoms with van der Waals surface area (Å²) in [5, 5.41) is 9.86. The van der Waals surface area contributed by atoms with Crippen LogP contribution in [-0.4, -0.2) is 22.1 Å². The van der Waals surface area contributed by atoms with Crippen LogP contribution in [0.1, 0.15) is 11.1 Å². The second-order valence-corrected chi connectivity index (χ2v) is 4.00. The SMILES string of the molecule is Cc1c[nH]c2ccc(CC(N)C(=O)O)cc12. The third kappa shape index (κ3) is 1.92. The van der Waals surface area contributed by atoms with E-state index in [0.717, 1.165) is 22.0 Å². The van der Waals surface area contributed by atoms with Gasteiger partial charge in [-0.2, -0.15) is 0 Å². The summed E-state index contributed by atoms with van der Waals surface area (Å²) in [4.78, 5) is 13.8. The van der Waals surface area contributed by atoms with E-state index in [4.69, 9.17) is 10.8 Å². The summed E-state index contributed by atoms with van der Waals surface area (Å²) in [6.45, 7) is 2.01. The van der Waals surface area contributed by atoms with E-state index in [0.29, 0.717) is 6.42 Å². The van der Waals surface area contributed by atoms with Crippen molar-refractivity contribution in [1.29, 1.82) is 0 Å². The van der Waals surface area contributed by atoms with Crippen molar-refractivity contribution in [2.24, 2.45) is 5.73 Å². The number of fused-ring (bicyclic) bond motifs is 1. The van der Waals surface area contributed by atoms with E-state index in [9.17, 15) is 4.79 Å². The Balaban J connectivity index is 2.32. The maximum Gasteiger partial charge on any atom is 0.320 e. The summed E-state index contributed by atoms with van der Waals surface area (Å²) in [7, 11) is 0. The topological polar surface area (TPSA) is 79.1 Å². The lowest BCUT2D eigenvalue weighted by molar-refractivity contribution is -0.138. The number of nitrogens with two attached hydrogens (primary N) is 1. The summed E-state index contributed by atoms with van der Waals surface area (Å²) in [6, 6.07) is 5.01. The molecule has 0 bridgehead atoms. The molecule has 0 saturated heterocycles. The molecule has 0 fully saturated rings. The van der Waals surface area contributed by atoms with E-state index in [2.05, 4.69) is 4.98 Å². The smallest absolute Gasteiger partial charge is 0.320 e. The molecule has 0 aliphatic carbocycles. The van der Waals surface area contributed by atoms with Crippen molar-refractivity contribution < 1.29 is 9.90 Å². The predicted octanol–water partition coefficient (Wildman–Crippen LogP) is 1.43. The number of aromatic amines is 1. The van der Waals surface area contributed by atoms with Gasteiger partial charge in [0.1, 0.15) is 6.04 Å². The molecule has 84 valence electrons. The van der Waals surface area contributed by atoms with Crippen molar-refractivity contribution in [3.8, 4) is 0 Å². The first-order valence-electron chi connectivity index (χ1n) is 5.13. The largest absolute Gasteiger partial charge is 0.480 e.